The van der Waals surface area contributed by atoms with E-state index in [1.807, 2.05) is 29.2 Å². The third-order valence-corrected chi connectivity index (χ3v) is 7.36. The van der Waals surface area contributed by atoms with Gasteiger partial charge in [0.05, 0.1) is 24.2 Å². The first-order valence-electron chi connectivity index (χ1n) is 9.77. The van der Waals surface area contributed by atoms with Crippen molar-refractivity contribution in [2.45, 2.75) is 6.42 Å². The van der Waals surface area contributed by atoms with E-state index in [1.54, 1.807) is 31.4 Å². The van der Waals surface area contributed by atoms with Crippen LogP contribution in [0.25, 0.3) is 0 Å². The number of hydrogen-bond donors (Lipinski definition) is 0. The van der Waals surface area contributed by atoms with Crippen LogP contribution >= 0.6 is 0 Å². The summed E-state index contributed by atoms with van der Waals surface area (Å²) < 4.78 is 31.0. The number of carbonyl (C=O) groups is 1. The van der Waals surface area contributed by atoms with Gasteiger partial charge in [0.25, 0.3) is 5.91 Å². The Morgan fingerprint density at radius 3 is 2.24 bits per heavy atom. The number of piperazine rings is 1. The van der Waals surface area contributed by atoms with Crippen LogP contribution in [0.2, 0.25) is 0 Å². The van der Waals surface area contributed by atoms with Crippen LogP contribution in [0.3, 0.4) is 0 Å². The van der Waals surface area contributed by atoms with Crippen LogP contribution in [0.15, 0.2) is 48.5 Å². The minimum absolute atomic E-state index is 0.0273. The molecule has 7 nitrogen and oxygen atoms in total. The third kappa shape index (κ3) is 3.89. The van der Waals surface area contributed by atoms with Crippen molar-refractivity contribution in [3.63, 3.8) is 0 Å². The quantitative estimate of drug-likeness (QED) is 0.766. The molecule has 2 aromatic rings. The highest BCUT2D eigenvalue weighted by atomic mass is 32.2. The topological polar surface area (TPSA) is 70.2 Å². The minimum Gasteiger partial charge on any atom is -0.495 e. The number of anilines is 2. The molecule has 0 aromatic heterocycles. The summed E-state index contributed by atoms with van der Waals surface area (Å²) in [6.07, 6.45) is 0.638. The monoisotopic (exact) mass is 415 g/mol. The van der Waals surface area contributed by atoms with Crippen molar-refractivity contribution in [2.24, 2.45) is 0 Å². The standard InChI is InChI=1S/C21H25N3O4S/c1-28-20-6-3-2-5-19(20)22-12-14-23(15-13-22)21(25)17-7-9-18(10-8-17)24-11-4-16-29(24,26)27/h2-3,5-10H,4,11-16H2,1H3. The summed E-state index contributed by atoms with van der Waals surface area (Å²) in [7, 11) is -1.55. The van der Waals surface area contributed by atoms with E-state index >= 15 is 0 Å². The second kappa shape index (κ2) is 7.94. The molecular weight excluding hydrogens is 390 g/mol. The molecule has 0 saturated carbocycles. The van der Waals surface area contributed by atoms with Gasteiger partial charge in [0.1, 0.15) is 5.75 Å². The van der Waals surface area contributed by atoms with Gasteiger partial charge in [-0.2, -0.15) is 0 Å². The second-order valence-corrected chi connectivity index (χ2v) is 9.25. The maximum Gasteiger partial charge on any atom is 0.253 e. The first kappa shape index (κ1) is 19.6. The van der Waals surface area contributed by atoms with Gasteiger partial charge in [0.2, 0.25) is 10.0 Å². The summed E-state index contributed by atoms with van der Waals surface area (Å²) in [6.45, 7) is 3.21. The minimum atomic E-state index is -3.21. The summed E-state index contributed by atoms with van der Waals surface area (Å²) >= 11 is 0. The van der Waals surface area contributed by atoms with Crippen LogP contribution in [0.5, 0.6) is 5.75 Å². The molecule has 2 aromatic carbocycles. The van der Waals surface area contributed by atoms with E-state index in [1.165, 1.54) is 4.31 Å². The molecule has 2 aliphatic rings. The lowest BCUT2D eigenvalue weighted by molar-refractivity contribution is 0.0746. The van der Waals surface area contributed by atoms with Crippen LogP contribution in [-0.4, -0.2) is 64.8 Å². The Balaban J connectivity index is 1.41. The van der Waals surface area contributed by atoms with Gasteiger partial charge in [0.15, 0.2) is 0 Å². The van der Waals surface area contributed by atoms with E-state index < -0.39 is 10.0 Å². The fraction of sp³-hybridized carbons (Fsp3) is 0.381. The molecule has 0 N–H and O–H groups in total. The molecule has 0 bridgehead atoms. The summed E-state index contributed by atoms with van der Waals surface area (Å²) in [4.78, 5) is 16.9. The van der Waals surface area contributed by atoms with Gasteiger partial charge in [-0.15, -0.1) is 0 Å². The smallest absolute Gasteiger partial charge is 0.253 e. The lowest BCUT2D eigenvalue weighted by atomic mass is 10.1. The number of ether oxygens (including phenoxy) is 1. The summed E-state index contributed by atoms with van der Waals surface area (Å²) in [5.41, 5.74) is 2.24. The van der Waals surface area contributed by atoms with E-state index in [0.29, 0.717) is 37.3 Å². The molecular formula is C21H25N3O4S. The first-order chi connectivity index (χ1) is 14.0. The van der Waals surface area contributed by atoms with Crippen molar-refractivity contribution < 1.29 is 17.9 Å². The average Bonchev–Trinajstić information content (AvgIpc) is 3.12. The van der Waals surface area contributed by atoms with Gasteiger partial charge < -0.3 is 14.5 Å². The Kier molecular flexibility index (Phi) is 5.36. The van der Waals surface area contributed by atoms with Crippen molar-refractivity contribution in [3.8, 4) is 5.75 Å². The Hall–Kier alpha value is -2.74. The van der Waals surface area contributed by atoms with Crippen LogP contribution in [0.1, 0.15) is 16.8 Å². The van der Waals surface area contributed by atoms with E-state index in [2.05, 4.69) is 4.90 Å². The Morgan fingerprint density at radius 1 is 0.931 bits per heavy atom. The highest BCUT2D eigenvalue weighted by Crippen LogP contribution is 2.29. The molecule has 0 atom stereocenters. The fourth-order valence-electron chi connectivity index (χ4n) is 3.92. The highest BCUT2D eigenvalue weighted by molar-refractivity contribution is 7.93. The molecule has 0 aliphatic carbocycles. The number of rotatable bonds is 4. The summed E-state index contributed by atoms with van der Waals surface area (Å²) in [6, 6.07) is 14.8. The third-order valence-electron chi connectivity index (χ3n) is 5.49. The maximum absolute atomic E-state index is 12.9. The zero-order valence-electron chi connectivity index (χ0n) is 16.5. The summed E-state index contributed by atoms with van der Waals surface area (Å²) in [5, 5.41) is 0. The lowest BCUT2D eigenvalue weighted by Crippen LogP contribution is -2.48. The van der Waals surface area contributed by atoms with Gasteiger partial charge in [-0.3, -0.25) is 9.10 Å². The van der Waals surface area contributed by atoms with Gasteiger partial charge in [-0.25, -0.2) is 8.42 Å². The number of hydrogen-bond acceptors (Lipinski definition) is 5. The van der Waals surface area contributed by atoms with Crippen LogP contribution in [-0.2, 0) is 10.0 Å². The average molecular weight is 416 g/mol. The number of sulfonamides is 1. The van der Waals surface area contributed by atoms with E-state index in [9.17, 15) is 13.2 Å². The number of nitrogens with zero attached hydrogens (tertiary/aromatic N) is 3. The molecule has 2 aliphatic heterocycles. The largest absolute Gasteiger partial charge is 0.495 e. The normalized spacial score (nSPS) is 18.7. The zero-order chi connectivity index (χ0) is 20.4. The van der Waals surface area contributed by atoms with Crippen molar-refractivity contribution in [1.29, 1.82) is 0 Å². The Labute approximate surface area is 171 Å². The van der Waals surface area contributed by atoms with Crippen molar-refractivity contribution >= 4 is 27.3 Å². The van der Waals surface area contributed by atoms with Crippen LogP contribution in [0.4, 0.5) is 11.4 Å². The van der Waals surface area contributed by atoms with E-state index in [4.69, 9.17) is 4.74 Å². The number of amides is 1. The van der Waals surface area contributed by atoms with Gasteiger partial charge in [-0.05, 0) is 42.8 Å². The van der Waals surface area contributed by atoms with Crippen molar-refractivity contribution in [1.82, 2.24) is 4.90 Å². The predicted molar refractivity (Wildman–Crippen MR) is 113 cm³/mol. The summed E-state index contributed by atoms with van der Waals surface area (Å²) in [5.74, 6) is 0.990. The molecule has 1 amide bonds. The molecule has 29 heavy (non-hydrogen) atoms. The molecule has 0 unspecified atom stereocenters. The molecule has 0 spiro atoms. The lowest BCUT2D eigenvalue weighted by Gasteiger charge is -2.36. The first-order valence-corrected chi connectivity index (χ1v) is 11.4. The van der Waals surface area contributed by atoms with E-state index in [0.717, 1.165) is 24.5 Å². The maximum atomic E-state index is 12.9. The van der Waals surface area contributed by atoms with Crippen LogP contribution < -0.4 is 13.9 Å². The molecule has 8 heteroatoms. The fourth-order valence-corrected chi connectivity index (χ4v) is 5.49. The number of benzene rings is 2. The SMILES string of the molecule is COc1ccccc1N1CCN(C(=O)c2ccc(N3CCCS3(=O)=O)cc2)CC1. The molecule has 154 valence electrons. The van der Waals surface area contributed by atoms with Gasteiger partial charge in [0, 0.05) is 38.3 Å². The molecule has 0 radical (unpaired) electrons. The van der Waals surface area contributed by atoms with Crippen molar-refractivity contribution in [2.75, 3.05) is 54.8 Å². The number of carbonyl (C=O) groups excluding carboxylic acids is 1. The number of methoxy groups -OCH3 is 1. The molecule has 4 rings (SSSR count). The second-order valence-electron chi connectivity index (χ2n) is 7.24. The van der Waals surface area contributed by atoms with Crippen LogP contribution in [0, 0.1) is 0 Å². The molecule has 2 heterocycles. The molecule has 2 saturated heterocycles. The zero-order valence-corrected chi connectivity index (χ0v) is 17.3. The number of para-hydroxylation sites is 2. The highest BCUT2D eigenvalue weighted by Gasteiger charge is 2.29. The van der Waals surface area contributed by atoms with E-state index in [-0.39, 0.29) is 11.7 Å². The predicted octanol–water partition coefficient (Wildman–Crippen LogP) is 2.20. The van der Waals surface area contributed by atoms with Gasteiger partial charge in [-0.1, -0.05) is 12.1 Å². The van der Waals surface area contributed by atoms with Gasteiger partial charge >= 0.3 is 0 Å². The Bertz CT molecular complexity index is 983. The van der Waals surface area contributed by atoms with Crippen molar-refractivity contribution in [3.05, 3.63) is 54.1 Å². The Morgan fingerprint density at radius 2 is 1.62 bits per heavy atom. The molecule has 2 fully saturated rings.